The van der Waals surface area contributed by atoms with Gasteiger partial charge in [-0.3, -0.25) is 9.89 Å². The lowest BCUT2D eigenvalue weighted by atomic mass is 9.97. The molecule has 5 nitrogen and oxygen atoms in total. The Labute approximate surface area is 137 Å². The van der Waals surface area contributed by atoms with Gasteiger partial charge in [-0.25, -0.2) is 4.39 Å². The van der Waals surface area contributed by atoms with E-state index >= 15 is 0 Å². The van der Waals surface area contributed by atoms with Crippen molar-refractivity contribution >= 4 is 11.6 Å². The second kappa shape index (κ2) is 6.64. The first kappa shape index (κ1) is 15.9. The van der Waals surface area contributed by atoms with Crippen LogP contribution in [0.3, 0.4) is 0 Å². The number of hydrogen-bond acceptors (Lipinski definition) is 4. The first-order chi connectivity index (χ1) is 11.6. The van der Waals surface area contributed by atoms with Crippen molar-refractivity contribution in [1.82, 2.24) is 10.2 Å². The SMILES string of the molecule is Nc1[nH]nc(-c2ccc(F)cc2)c1C(=O)c1cccc(CCO)c1. The monoisotopic (exact) mass is 325 g/mol. The van der Waals surface area contributed by atoms with E-state index in [0.717, 1.165) is 5.56 Å². The van der Waals surface area contributed by atoms with Crippen molar-refractivity contribution in [2.75, 3.05) is 12.3 Å². The average Bonchev–Trinajstić information content (AvgIpc) is 2.97. The molecule has 0 aliphatic rings. The first-order valence-electron chi connectivity index (χ1n) is 7.44. The van der Waals surface area contributed by atoms with Gasteiger partial charge in [0.05, 0.1) is 5.56 Å². The van der Waals surface area contributed by atoms with E-state index < -0.39 is 0 Å². The molecule has 122 valence electrons. The fourth-order valence-electron chi connectivity index (χ4n) is 2.54. The van der Waals surface area contributed by atoms with Gasteiger partial charge < -0.3 is 10.8 Å². The molecule has 0 saturated carbocycles. The average molecular weight is 325 g/mol. The van der Waals surface area contributed by atoms with Gasteiger partial charge >= 0.3 is 0 Å². The van der Waals surface area contributed by atoms with Crippen LogP contribution in [-0.4, -0.2) is 27.7 Å². The number of anilines is 1. The number of H-pyrrole nitrogens is 1. The third-order valence-corrected chi connectivity index (χ3v) is 3.73. The number of aromatic nitrogens is 2. The number of aliphatic hydroxyl groups is 1. The van der Waals surface area contributed by atoms with Crippen LogP contribution >= 0.6 is 0 Å². The summed E-state index contributed by atoms with van der Waals surface area (Å²) in [4.78, 5) is 12.9. The number of carbonyl (C=O) groups is 1. The number of nitrogens with one attached hydrogen (secondary N) is 1. The summed E-state index contributed by atoms with van der Waals surface area (Å²) in [5.41, 5.74) is 8.43. The molecule has 0 atom stereocenters. The zero-order valence-electron chi connectivity index (χ0n) is 12.8. The number of nitrogen functional groups attached to an aromatic ring is 1. The van der Waals surface area contributed by atoms with Crippen LogP contribution < -0.4 is 5.73 Å². The summed E-state index contributed by atoms with van der Waals surface area (Å²) in [5, 5.41) is 15.7. The van der Waals surface area contributed by atoms with E-state index in [1.54, 1.807) is 30.3 Å². The molecule has 0 unspecified atom stereocenters. The van der Waals surface area contributed by atoms with Crippen molar-refractivity contribution in [2.45, 2.75) is 6.42 Å². The molecule has 0 aliphatic carbocycles. The zero-order chi connectivity index (χ0) is 17.1. The number of hydrogen-bond donors (Lipinski definition) is 3. The molecule has 2 aromatic carbocycles. The van der Waals surface area contributed by atoms with Gasteiger partial charge in [0, 0.05) is 17.7 Å². The number of halogens is 1. The second-order valence-corrected chi connectivity index (χ2v) is 5.37. The van der Waals surface area contributed by atoms with Crippen LogP contribution in [0.5, 0.6) is 0 Å². The van der Waals surface area contributed by atoms with Crippen molar-refractivity contribution in [1.29, 1.82) is 0 Å². The minimum absolute atomic E-state index is 0.00627. The molecule has 3 aromatic rings. The normalized spacial score (nSPS) is 10.8. The summed E-state index contributed by atoms with van der Waals surface area (Å²) >= 11 is 0. The number of aromatic amines is 1. The van der Waals surface area contributed by atoms with Gasteiger partial charge in [-0.1, -0.05) is 18.2 Å². The van der Waals surface area contributed by atoms with Gasteiger partial charge in [0.25, 0.3) is 0 Å². The molecular weight excluding hydrogens is 309 g/mol. The third-order valence-electron chi connectivity index (χ3n) is 3.73. The van der Waals surface area contributed by atoms with Crippen LogP contribution in [0.4, 0.5) is 10.2 Å². The molecule has 3 rings (SSSR count). The second-order valence-electron chi connectivity index (χ2n) is 5.37. The Kier molecular flexibility index (Phi) is 4.39. The molecule has 1 heterocycles. The van der Waals surface area contributed by atoms with Crippen LogP contribution in [0, 0.1) is 5.82 Å². The van der Waals surface area contributed by atoms with Gasteiger partial charge in [0.1, 0.15) is 17.3 Å². The topological polar surface area (TPSA) is 92.0 Å². The van der Waals surface area contributed by atoms with Crippen molar-refractivity contribution < 1.29 is 14.3 Å². The number of rotatable bonds is 5. The summed E-state index contributed by atoms with van der Waals surface area (Å²) in [6, 6.07) is 12.7. The van der Waals surface area contributed by atoms with Crippen molar-refractivity contribution in [2.24, 2.45) is 0 Å². The van der Waals surface area contributed by atoms with Gasteiger partial charge in [-0.2, -0.15) is 5.10 Å². The number of aliphatic hydroxyl groups excluding tert-OH is 1. The summed E-state index contributed by atoms with van der Waals surface area (Å²) in [6.45, 7) is 0.00627. The zero-order valence-corrected chi connectivity index (χ0v) is 12.8. The molecule has 0 fully saturated rings. The number of nitrogens with zero attached hydrogens (tertiary/aromatic N) is 1. The van der Waals surface area contributed by atoms with E-state index in [9.17, 15) is 9.18 Å². The first-order valence-corrected chi connectivity index (χ1v) is 7.44. The van der Waals surface area contributed by atoms with Gasteiger partial charge in [0.2, 0.25) is 0 Å². The highest BCUT2D eigenvalue weighted by Crippen LogP contribution is 2.28. The lowest BCUT2D eigenvalue weighted by Crippen LogP contribution is -2.06. The third kappa shape index (κ3) is 3.04. The molecule has 6 heteroatoms. The van der Waals surface area contributed by atoms with Crippen molar-refractivity contribution in [3.8, 4) is 11.3 Å². The van der Waals surface area contributed by atoms with Crippen LogP contribution in [0.25, 0.3) is 11.3 Å². The van der Waals surface area contributed by atoms with E-state index in [0.29, 0.717) is 23.2 Å². The molecular formula is C18H16FN3O2. The Morgan fingerprint density at radius 3 is 2.67 bits per heavy atom. The molecule has 4 N–H and O–H groups in total. The smallest absolute Gasteiger partial charge is 0.199 e. The molecule has 0 saturated heterocycles. The molecule has 1 aromatic heterocycles. The molecule has 0 amide bonds. The van der Waals surface area contributed by atoms with E-state index in [1.165, 1.54) is 12.1 Å². The van der Waals surface area contributed by atoms with E-state index in [1.807, 2.05) is 6.07 Å². The predicted octanol–water partition coefficient (Wildman–Crippen LogP) is 2.56. The minimum Gasteiger partial charge on any atom is -0.396 e. The fraction of sp³-hybridized carbons (Fsp3) is 0.111. The summed E-state index contributed by atoms with van der Waals surface area (Å²) in [5.74, 6) is -0.487. The van der Waals surface area contributed by atoms with E-state index in [2.05, 4.69) is 10.2 Å². The predicted molar refractivity (Wildman–Crippen MR) is 89.1 cm³/mol. The van der Waals surface area contributed by atoms with Crippen LogP contribution in [0.15, 0.2) is 48.5 Å². The van der Waals surface area contributed by atoms with E-state index in [4.69, 9.17) is 10.8 Å². The largest absolute Gasteiger partial charge is 0.396 e. The van der Waals surface area contributed by atoms with Crippen LogP contribution in [-0.2, 0) is 6.42 Å². The number of carbonyl (C=O) groups excluding carboxylic acids is 1. The summed E-state index contributed by atoms with van der Waals surface area (Å²) in [7, 11) is 0. The van der Waals surface area contributed by atoms with Crippen molar-refractivity contribution in [3.63, 3.8) is 0 Å². The Hall–Kier alpha value is -2.99. The van der Waals surface area contributed by atoms with Gasteiger partial charge in [0.15, 0.2) is 5.78 Å². The molecule has 0 aliphatic heterocycles. The van der Waals surface area contributed by atoms with Gasteiger partial charge in [-0.05, 0) is 42.3 Å². The molecule has 24 heavy (non-hydrogen) atoms. The quantitative estimate of drug-likeness (QED) is 0.629. The standard InChI is InChI=1S/C18H16FN3O2/c19-14-6-4-12(5-7-14)16-15(18(20)22-21-16)17(24)13-3-1-2-11(10-13)8-9-23/h1-7,10,23H,8-9H2,(H3,20,21,22). The maximum atomic E-state index is 13.1. The lowest BCUT2D eigenvalue weighted by molar-refractivity contribution is 0.104. The number of ketones is 1. The highest BCUT2D eigenvalue weighted by Gasteiger charge is 2.21. The fourth-order valence-corrected chi connectivity index (χ4v) is 2.54. The Bertz CT molecular complexity index is 872. The summed E-state index contributed by atoms with van der Waals surface area (Å²) in [6.07, 6.45) is 0.465. The lowest BCUT2D eigenvalue weighted by Gasteiger charge is -2.06. The highest BCUT2D eigenvalue weighted by atomic mass is 19.1. The number of benzene rings is 2. The summed E-state index contributed by atoms with van der Waals surface area (Å²) < 4.78 is 13.1. The van der Waals surface area contributed by atoms with Crippen molar-refractivity contribution in [3.05, 3.63) is 71.0 Å². The molecule has 0 bridgehead atoms. The molecule has 0 spiro atoms. The highest BCUT2D eigenvalue weighted by molar-refractivity contribution is 6.15. The molecule has 0 radical (unpaired) electrons. The minimum atomic E-state index is -0.369. The number of nitrogens with two attached hydrogens (primary N) is 1. The Morgan fingerprint density at radius 2 is 1.96 bits per heavy atom. The maximum Gasteiger partial charge on any atom is 0.199 e. The Morgan fingerprint density at radius 1 is 1.21 bits per heavy atom. The van der Waals surface area contributed by atoms with Crippen LogP contribution in [0.1, 0.15) is 21.5 Å². The van der Waals surface area contributed by atoms with Crippen LogP contribution in [0.2, 0.25) is 0 Å². The Balaban J connectivity index is 2.03. The van der Waals surface area contributed by atoms with E-state index in [-0.39, 0.29) is 29.6 Å². The van der Waals surface area contributed by atoms with Gasteiger partial charge in [-0.15, -0.1) is 0 Å². The maximum absolute atomic E-state index is 13.1.